The molecule has 0 saturated heterocycles. The number of benzene rings is 1. The molecular weight excluding hydrogens is 289 g/mol. The zero-order valence-electron chi connectivity index (χ0n) is 12.7. The standard InChI is InChI=1S/C16H21ClFN3/c1-4-7-19-16(13-10-20-21(3)11(13)2)9-12-5-6-14(17)15(18)8-12/h5-6,8,10,16,19H,4,7,9H2,1-3H3. The molecule has 1 heterocycles. The lowest BCUT2D eigenvalue weighted by Crippen LogP contribution is -2.24. The molecule has 0 spiro atoms. The third-order valence-electron chi connectivity index (χ3n) is 3.71. The van der Waals surface area contributed by atoms with Crippen LogP contribution in [0.2, 0.25) is 5.02 Å². The van der Waals surface area contributed by atoms with E-state index in [2.05, 4.69) is 17.3 Å². The first kappa shape index (κ1) is 16.0. The molecule has 1 atom stereocenters. The van der Waals surface area contributed by atoms with Gasteiger partial charge in [-0.15, -0.1) is 0 Å². The first-order valence-electron chi connectivity index (χ1n) is 7.18. The van der Waals surface area contributed by atoms with Crippen LogP contribution in [0.5, 0.6) is 0 Å². The van der Waals surface area contributed by atoms with Gasteiger partial charge in [-0.1, -0.05) is 24.6 Å². The van der Waals surface area contributed by atoms with E-state index in [1.807, 2.05) is 30.9 Å². The molecule has 3 nitrogen and oxygen atoms in total. The van der Waals surface area contributed by atoms with Crippen molar-refractivity contribution in [1.29, 1.82) is 0 Å². The Morgan fingerprint density at radius 1 is 1.43 bits per heavy atom. The van der Waals surface area contributed by atoms with Crippen LogP contribution in [-0.4, -0.2) is 16.3 Å². The van der Waals surface area contributed by atoms with Crippen molar-refractivity contribution in [2.24, 2.45) is 7.05 Å². The van der Waals surface area contributed by atoms with E-state index in [-0.39, 0.29) is 16.9 Å². The van der Waals surface area contributed by atoms with Crippen LogP contribution in [0.15, 0.2) is 24.4 Å². The van der Waals surface area contributed by atoms with Gasteiger partial charge in [-0.25, -0.2) is 4.39 Å². The number of aromatic nitrogens is 2. The Bertz CT molecular complexity index is 610. The van der Waals surface area contributed by atoms with Crippen molar-refractivity contribution in [2.75, 3.05) is 6.54 Å². The van der Waals surface area contributed by atoms with E-state index < -0.39 is 0 Å². The molecule has 0 aliphatic rings. The number of nitrogens with zero attached hydrogens (tertiary/aromatic N) is 2. The van der Waals surface area contributed by atoms with Crippen LogP contribution < -0.4 is 5.32 Å². The first-order valence-corrected chi connectivity index (χ1v) is 7.56. The second-order valence-corrected chi connectivity index (χ2v) is 5.68. The van der Waals surface area contributed by atoms with E-state index in [0.29, 0.717) is 6.42 Å². The summed E-state index contributed by atoms with van der Waals surface area (Å²) >= 11 is 5.74. The maximum atomic E-state index is 13.6. The van der Waals surface area contributed by atoms with Crippen LogP contribution in [0.1, 0.15) is 36.2 Å². The summed E-state index contributed by atoms with van der Waals surface area (Å²) in [5.41, 5.74) is 3.20. The average molecular weight is 310 g/mol. The second-order valence-electron chi connectivity index (χ2n) is 5.27. The van der Waals surface area contributed by atoms with E-state index in [9.17, 15) is 4.39 Å². The number of rotatable bonds is 6. The van der Waals surface area contributed by atoms with Crippen molar-refractivity contribution >= 4 is 11.6 Å². The number of nitrogens with one attached hydrogen (secondary N) is 1. The van der Waals surface area contributed by atoms with Crippen LogP contribution in [-0.2, 0) is 13.5 Å². The Hall–Kier alpha value is -1.39. The molecule has 5 heteroatoms. The molecule has 1 aromatic carbocycles. The highest BCUT2D eigenvalue weighted by molar-refractivity contribution is 6.30. The van der Waals surface area contributed by atoms with Gasteiger partial charge in [0.2, 0.25) is 0 Å². The van der Waals surface area contributed by atoms with Crippen LogP contribution in [0.3, 0.4) is 0 Å². The average Bonchev–Trinajstić information content (AvgIpc) is 2.79. The highest BCUT2D eigenvalue weighted by Crippen LogP contribution is 2.23. The van der Waals surface area contributed by atoms with Gasteiger partial charge in [-0.05, 0) is 44.0 Å². The summed E-state index contributed by atoms with van der Waals surface area (Å²) in [5.74, 6) is -0.369. The van der Waals surface area contributed by atoms with Gasteiger partial charge in [0.15, 0.2) is 0 Å². The van der Waals surface area contributed by atoms with Gasteiger partial charge < -0.3 is 5.32 Å². The summed E-state index contributed by atoms with van der Waals surface area (Å²) in [7, 11) is 1.93. The predicted molar refractivity (Wildman–Crippen MR) is 84.1 cm³/mol. The molecule has 0 fully saturated rings. The Morgan fingerprint density at radius 2 is 2.19 bits per heavy atom. The minimum absolute atomic E-state index is 0.124. The molecule has 21 heavy (non-hydrogen) atoms. The van der Waals surface area contributed by atoms with Gasteiger partial charge in [0, 0.05) is 24.3 Å². The highest BCUT2D eigenvalue weighted by atomic mass is 35.5. The monoisotopic (exact) mass is 309 g/mol. The van der Waals surface area contributed by atoms with Crippen LogP contribution in [0.25, 0.3) is 0 Å². The summed E-state index contributed by atoms with van der Waals surface area (Å²) in [6.45, 7) is 5.09. The van der Waals surface area contributed by atoms with Crippen molar-refractivity contribution in [3.63, 3.8) is 0 Å². The number of aryl methyl sites for hydroxylation is 1. The zero-order valence-corrected chi connectivity index (χ0v) is 13.4. The van der Waals surface area contributed by atoms with Crippen LogP contribution in [0.4, 0.5) is 4.39 Å². The summed E-state index contributed by atoms with van der Waals surface area (Å²) in [6, 6.07) is 5.12. The van der Waals surface area contributed by atoms with E-state index in [1.165, 1.54) is 6.07 Å². The Labute approximate surface area is 130 Å². The molecule has 0 amide bonds. The second kappa shape index (κ2) is 7.05. The number of hydrogen-bond acceptors (Lipinski definition) is 2. The summed E-state index contributed by atoms with van der Waals surface area (Å²) in [4.78, 5) is 0. The van der Waals surface area contributed by atoms with Crippen molar-refractivity contribution in [2.45, 2.75) is 32.7 Å². The number of halogens is 2. The molecule has 0 bridgehead atoms. The summed E-state index contributed by atoms with van der Waals surface area (Å²) in [5, 5.41) is 7.98. The molecule has 114 valence electrons. The molecular formula is C16H21ClFN3. The lowest BCUT2D eigenvalue weighted by Gasteiger charge is -2.19. The predicted octanol–water partition coefficient (Wildman–Crippen LogP) is 3.80. The van der Waals surface area contributed by atoms with E-state index in [1.54, 1.807) is 6.07 Å². The van der Waals surface area contributed by atoms with Gasteiger partial charge in [-0.3, -0.25) is 4.68 Å². The molecule has 0 radical (unpaired) electrons. The molecule has 0 aliphatic carbocycles. The van der Waals surface area contributed by atoms with Gasteiger partial charge in [0.1, 0.15) is 5.82 Å². The minimum atomic E-state index is -0.369. The van der Waals surface area contributed by atoms with Gasteiger partial charge in [0.25, 0.3) is 0 Å². The van der Waals surface area contributed by atoms with Gasteiger partial charge in [0.05, 0.1) is 11.2 Å². The lowest BCUT2D eigenvalue weighted by molar-refractivity contribution is 0.524. The van der Waals surface area contributed by atoms with Crippen molar-refractivity contribution in [3.05, 3.63) is 52.1 Å². The molecule has 2 aromatic rings. The third-order valence-corrected chi connectivity index (χ3v) is 4.02. The minimum Gasteiger partial charge on any atom is -0.310 e. The van der Waals surface area contributed by atoms with Crippen LogP contribution in [0, 0.1) is 12.7 Å². The molecule has 2 rings (SSSR count). The van der Waals surface area contributed by atoms with E-state index in [4.69, 9.17) is 11.6 Å². The largest absolute Gasteiger partial charge is 0.310 e. The van der Waals surface area contributed by atoms with Gasteiger partial charge >= 0.3 is 0 Å². The SMILES string of the molecule is CCCNC(Cc1ccc(Cl)c(F)c1)c1cnn(C)c1C. The first-order chi connectivity index (χ1) is 10.0. The summed E-state index contributed by atoms with van der Waals surface area (Å²) in [6.07, 6.45) is 3.64. The Morgan fingerprint density at radius 3 is 2.76 bits per heavy atom. The van der Waals surface area contributed by atoms with Crippen molar-refractivity contribution < 1.29 is 4.39 Å². The zero-order chi connectivity index (χ0) is 15.4. The fourth-order valence-corrected chi connectivity index (χ4v) is 2.49. The van der Waals surface area contributed by atoms with Gasteiger partial charge in [-0.2, -0.15) is 5.10 Å². The topological polar surface area (TPSA) is 29.9 Å². The highest BCUT2D eigenvalue weighted by Gasteiger charge is 2.17. The normalized spacial score (nSPS) is 12.6. The maximum Gasteiger partial charge on any atom is 0.142 e. The Balaban J connectivity index is 2.23. The van der Waals surface area contributed by atoms with Crippen molar-refractivity contribution in [3.8, 4) is 0 Å². The third kappa shape index (κ3) is 3.83. The molecule has 0 aliphatic heterocycles. The molecule has 0 saturated carbocycles. The van der Waals surface area contributed by atoms with Crippen molar-refractivity contribution in [1.82, 2.24) is 15.1 Å². The van der Waals surface area contributed by atoms with E-state index >= 15 is 0 Å². The molecule has 1 N–H and O–H groups in total. The fourth-order valence-electron chi connectivity index (χ4n) is 2.37. The smallest absolute Gasteiger partial charge is 0.142 e. The molecule has 1 unspecified atom stereocenters. The van der Waals surface area contributed by atoms with E-state index in [0.717, 1.165) is 29.8 Å². The fraction of sp³-hybridized carbons (Fsp3) is 0.438. The molecule has 1 aromatic heterocycles. The summed E-state index contributed by atoms with van der Waals surface area (Å²) < 4.78 is 15.5. The maximum absolute atomic E-state index is 13.6. The number of hydrogen-bond donors (Lipinski definition) is 1. The Kier molecular flexibility index (Phi) is 5.37. The lowest BCUT2D eigenvalue weighted by atomic mass is 9.99. The quantitative estimate of drug-likeness (QED) is 0.879. The van der Waals surface area contributed by atoms with Crippen LogP contribution >= 0.6 is 11.6 Å².